The van der Waals surface area contributed by atoms with Crippen LogP contribution < -0.4 is 0 Å². The van der Waals surface area contributed by atoms with Crippen LogP contribution in [0.15, 0.2) is 0 Å². The minimum Gasteiger partial charge on any atom is -0.388 e. The molecule has 1 aliphatic heterocycles. The van der Waals surface area contributed by atoms with Crippen molar-refractivity contribution in [1.29, 1.82) is 0 Å². The van der Waals surface area contributed by atoms with Crippen LogP contribution in [0.5, 0.6) is 0 Å². The number of hydrogen-bond acceptors (Lipinski definition) is 4. The van der Waals surface area contributed by atoms with Crippen molar-refractivity contribution in [3.05, 3.63) is 17.0 Å². The quantitative estimate of drug-likeness (QED) is 0.930. The van der Waals surface area contributed by atoms with Gasteiger partial charge in [0.1, 0.15) is 0 Å². The minimum atomic E-state index is -0.576. The second-order valence-corrected chi connectivity index (χ2v) is 7.10. The van der Waals surface area contributed by atoms with Gasteiger partial charge >= 0.3 is 0 Å². The van der Waals surface area contributed by atoms with Crippen molar-refractivity contribution in [2.75, 3.05) is 26.8 Å². The van der Waals surface area contributed by atoms with E-state index in [1.54, 1.807) is 0 Å². The van der Waals surface area contributed by atoms with Crippen LogP contribution in [0.1, 0.15) is 55.1 Å². The highest BCUT2D eigenvalue weighted by Crippen LogP contribution is 2.32. The summed E-state index contributed by atoms with van der Waals surface area (Å²) < 4.78 is 7.69. The van der Waals surface area contributed by atoms with Crippen molar-refractivity contribution in [3.8, 4) is 0 Å². The predicted octanol–water partition coefficient (Wildman–Crippen LogP) is 2.20. The van der Waals surface area contributed by atoms with Crippen LogP contribution in [-0.2, 0) is 11.3 Å². The van der Waals surface area contributed by atoms with Crippen LogP contribution in [0.2, 0.25) is 0 Å². The average Bonchev–Trinajstić information content (AvgIpc) is 2.75. The molecule has 0 aromatic carbocycles. The van der Waals surface area contributed by atoms with Crippen molar-refractivity contribution in [2.45, 2.75) is 64.1 Å². The maximum absolute atomic E-state index is 10.8. The third kappa shape index (κ3) is 3.07. The minimum absolute atomic E-state index is 0.281. The number of rotatable bonds is 3. The number of ether oxygens (including phenoxy) is 1. The second kappa shape index (κ2) is 6.30. The molecule has 1 atom stereocenters. The summed E-state index contributed by atoms with van der Waals surface area (Å²) in [5.41, 5.74) is 2.95. The highest BCUT2D eigenvalue weighted by atomic mass is 16.5. The number of likely N-dealkylation sites (N-methyl/N-ethyl adjacent to an activating group) is 1. The first-order valence-corrected chi connectivity index (χ1v) is 8.54. The van der Waals surface area contributed by atoms with Crippen molar-refractivity contribution in [3.63, 3.8) is 0 Å². The summed E-state index contributed by atoms with van der Waals surface area (Å²) in [5, 5.41) is 15.5. The number of hydrogen-bond donors (Lipinski definition) is 1. The van der Waals surface area contributed by atoms with Gasteiger partial charge in [-0.15, -0.1) is 0 Å². The first-order chi connectivity index (χ1) is 10.5. The topological polar surface area (TPSA) is 50.5 Å². The molecule has 1 aliphatic carbocycles. The van der Waals surface area contributed by atoms with Crippen molar-refractivity contribution < 1.29 is 9.84 Å². The molecule has 5 heteroatoms. The summed E-state index contributed by atoms with van der Waals surface area (Å²) in [6.45, 7) is 7.32. The first-order valence-electron chi connectivity index (χ1n) is 8.54. The molecule has 1 saturated heterocycles. The Labute approximate surface area is 133 Å². The highest BCUT2D eigenvalue weighted by molar-refractivity contribution is 5.29. The lowest BCUT2D eigenvalue weighted by molar-refractivity contribution is -0.0150. The molecule has 22 heavy (non-hydrogen) atoms. The number of morpholine rings is 1. The molecule has 0 bridgehead atoms. The normalized spacial score (nSPS) is 26.3. The van der Waals surface area contributed by atoms with E-state index in [9.17, 15) is 5.11 Å². The predicted molar refractivity (Wildman–Crippen MR) is 85.9 cm³/mol. The van der Waals surface area contributed by atoms with E-state index in [1.165, 1.54) is 17.7 Å². The third-order valence-electron chi connectivity index (χ3n) is 5.40. The smallest absolute Gasteiger partial charge is 0.0842 e. The Balaban J connectivity index is 1.83. The van der Waals surface area contributed by atoms with Gasteiger partial charge in [-0.25, -0.2) is 0 Å². The number of aliphatic hydroxyl groups is 1. The molecule has 2 aliphatic rings. The molecule has 1 aromatic heterocycles. The number of aryl methyl sites for hydroxylation is 1. The van der Waals surface area contributed by atoms with Gasteiger partial charge in [-0.2, -0.15) is 5.10 Å². The van der Waals surface area contributed by atoms with Gasteiger partial charge in [0.15, 0.2) is 0 Å². The Morgan fingerprint density at radius 2 is 2.00 bits per heavy atom. The first kappa shape index (κ1) is 16.0. The summed E-state index contributed by atoms with van der Waals surface area (Å²) in [6.07, 6.45) is 5.29. The molecule has 124 valence electrons. The summed E-state index contributed by atoms with van der Waals surface area (Å²) in [4.78, 5) is 2.35. The molecule has 0 radical (unpaired) electrons. The molecule has 2 heterocycles. The largest absolute Gasteiger partial charge is 0.388 e. The molecule has 0 spiro atoms. The van der Waals surface area contributed by atoms with Crippen molar-refractivity contribution in [1.82, 2.24) is 14.7 Å². The molecule has 1 N–H and O–H groups in total. The average molecular weight is 307 g/mol. The Hall–Kier alpha value is -0.910. The fourth-order valence-electron chi connectivity index (χ4n) is 3.98. The lowest BCUT2D eigenvalue weighted by Gasteiger charge is -2.33. The van der Waals surface area contributed by atoms with Crippen LogP contribution in [0.3, 0.4) is 0 Å². The Bertz CT molecular complexity index is 520. The monoisotopic (exact) mass is 307 g/mol. The molecule has 1 aromatic rings. The molecule has 0 amide bonds. The summed E-state index contributed by atoms with van der Waals surface area (Å²) in [7, 11) is 2.15. The van der Waals surface area contributed by atoms with E-state index in [1.807, 2.05) is 4.68 Å². The van der Waals surface area contributed by atoms with E-state index in [0.29, 0.717) is 6.54 Å². The van der Waals surface area contributed by atoms with E-state index in [4.69, 9.17) is 9.84 Å². The molecular formula is C17H29N3O2. The molecular weight excluding hydrogens is 278 g/mol. The molecule has 1 saturated carbocycles. The van der Waals surface area contributed by atoms with Gasteiger partial charge in [-0.1, -0.05) is 19.3 Å². The summed E-state index contributed by atoms with van der Waals surface area (Å²) in [5.74, 6) is 0. The molecule has 1 unspecified atom stereocenters. The van der Waals surface area contributed by atoms with E-state index >= 15 is 0 Å². The van der Waals surface area contributed by atoms with Crippen LogP contribution in [0.4, 0.5) is 0 Å². The SMILES string of the molecule is Cc1nn(CC2(O)CCCCC2)c(C)c1C1COCCN1C. The van der Waals surface area contributed by atoms with Crippen molar-refractivity contribution in [2.24, 2.45) is 0 Å². The van der Waals surface area contributed by atoms with Crippen LogP contribution in [-0.4, -0.2) is 52.2 Å². The second-order valence-electron chi connectivity index (χ2n) is 7.10. The Morgan fingerprint density at radius 3 is 2.68 bits per heavy atom. The van der Waals surface area contributed by atoms with Gasteiger partial charge in [0.2, 0.25) is 0 Å². The van der Waals surface area contributed by atoms with E-state index in [2.05, 4.69) is 25.8 Å². The lowest BCUT2D eigenvalue weighted by Crippen LogP contribution is -2.38. The fraction of sp³-hybridized carbons (Fsp3) is 0.824. The van der Waals surface area contributed by atoms with E-state index in [-0.39, 0.29) is 6.04 Å². The summed E-state index contributed by atoms with van der Waals surface area (Å²) in [6, 6.07) is 0.281. The maximum Gasteiger partial charge on any atom is 0.0842 e. The van der Waals surface area contributed by atoms with Gasteiger partial charge in [0.05, 0.1) is 37.1 Å². The maximum atomic E-state index is 10.8. The van der Waals surface area contributed by atoms with Gasteiger partial charge in [0.25, 0.3) is 0 Å². The Morgan fingerprint density at radius 1 is 1.27 bits per heavy atom. The zero-order chi connectivity index (χ0) is 15.7. The zero-order valence-corrected chi connectivity index (χ0v) is 14.1. The highest BCUT2D eigenvalue weighted by Gasteiger charge is 2.33. The molecule has 3 rings (SSSR count). The standard InChI is InChI=1S/C17H29N3O2/c1-13-16(15-11-22-10-9-19(15)3)14(2)20(18-13)12-17(21)7-5-4-6-8-17/h15,21H,4-12H2,1-3H3. The number of nitrogens with zero attached hydrogens (tertiary/aromatic N) is 3. The fourth-order valence-corrected chi connectivity index (χ4v) is 3.98. The van der Waals surface area contributed by atoms with Gasteiger partial charge in [-0.05, 0) is 33.7 Å². The van der Waals surface area contributed by atoms with Gasteiger partial charge < -0.3 is 9.84 Å². The lowest BCUT2D eigenvalue weighted by atomic mass is 9.85. The zero-order valence-electron chi connectivity index (χ0n) is 14.1. The van der Waals surface area contributed by atoms with Crippen molar-refractivity contribution >= 4 is 0 Å². The third-order valence-corrected chi connectivity index (χ3v) is 5.40. The van der Waals surface area contributed by atoms with Gasteiger partial charge in [0, 0.05) is 17.8 Å². The van der Waals surface area contributed by atoms with Crippen LogP contribution in [0, 0.1) is 13.8 Å². The number of aromatic nitrogens is 2. The summed E-state index contributed by atoms with van der Waals surface area (Å²) >= 11 is 0. The molecule has 5 nitrogen and oxygen atoms in total. The molecule has 2 fully saturated rings. The van der Waals surface area contributed by atoms with Crippen LogP contribution in [0.25, 0.3) is 0 Å². The Kier molecular flexibility index (Phi) is 4.57. The van der Waals surface area contributed by atoms with Gasteiger partial charge in [-0.3, -0.25) is 9.58 Å². The van der Waals surface area contributed by atoms with Crippen LogP contribution >= 0.6 is 0 Å². The van der Waals surface area contributed by atoms with E-state index < -0.39 is 5.60 Å². The van der Waals surface area contributed by atoms with E-state index in [0.717, 1.165) is 51.1 Å².